The molecule has 3 aromatic carbocycles. The lowest BCUT2D eigenvalue weighted by Crippen LogP contribution is -2.28. The molecule has 0 radical (unpaired) electrons. The van der Waals surface area contributed by atoms with Gasteiger partial charge in [-0.3, -0.25) is 9.52 Å². The van der Waals surface area contributed by atoms with E-state index in [0.717, 1.165) is 17.7 Å². The van der Waals surface area contributed by atoms with Crippen molar-refractivity contribution in [2.75, 3.05) is 11.8 Å². The number of sulfonamides is 1. The first-order valence-electron chi connectivity index (χ1n) is 9.97. The number of nitrogens with one attached hydrogen (secondary N) is 2. The van der Waals surface area contributed by atoms with Gasteiger partial charge in [-0.05, 0) is 66.9 Å². The van der Waals surface area contributed by atoms with E-state index in [4.69, 9.17) is 4.74 Å². The zero-order valence-electron chi connectivity index (χ0n) is 17.8. The number of amides is 1. The van der Waals surface area contributed by atoms with Crippen LogP contribution in [0.25, 0.3) is 0 Å². The van der Waals surface area contributed by atoms with E-state index in [1.165, 1.54) is 12.1 Å². The Labute approximate surface area is 183 Å². The van der Waals surface area contributed by atoms with Gasteiger partial charge in [-0.15, -0.1) is 0 Å². The van der Waals surface area contributed by atoms with Gasteiger partial charge in [-0.25, -0.2) is 8.42 Å². The molecule has 0 bridgehead atoms. The highest BCUT2D eigenvalue weighted by atomic mass is 32.2. The van der Waals surface area contributed by atoms with E-state index in [9.17, 15) is 13.2 Å². The first-order valence-corrected chi connectivity index (χ1v) is 11.5. The Bertz CT molecular complexity index is 1140. The molecule has 6 nitrogen and oxygen atoms in total. The summed E-state index contributed by atoms with van der Waals surface area (Å²) >= 11 is 0. The van der Waals surface area contributed by atoms with Crippen LogP contribution in [0.1, 0.15) is 40.9 Å². The standard InChI is InChI=1S/C24H26N2O4S/c1-4-22(18-10-13-20(30-3)14-11-18)25-24(27)19-12-15-23(17(2)16-19)26-31(28,29)21-8-6-5-7-9-21/h5-16,22,26H,4H2,1-3H3,(H,25,27)/t22-/m1/s1. The first kappa shape index (κ1) is 22.4. The van der Waals surface area contributed by atoms with E-state index < -0.39 is 10.0 Å². The third kappa shape index (κ3) is 5.44. The molecule has 0 aliphatic rings. The number of anilines is 1. The largest absolute Gasteiger partial charge is 0.497 e. The molecule has 0 aromatic heterocycles. The number of carbonyl (C=O) groups excluding carboxylic acids is 1. The van der Waals surface area contributed by atoms with Crippen molar-refractivity contribution >= 4 is 21.6 Å². The van der Waals surface area contributed by atoms with Crippen molar-refractivity contribution in [3.63, 3.8) is 0 Å². The Balaban J connectivity index is 1.74. The lowest BCUT2D eigenvalue weighted by atomic mass is 10.0. The minimum Gasteiger partial charge on any atom is -0.497 e. The number of hydrogen-bond acceptors (Lipinski definition) is 4. The molecule has 7 heteroatoms. The molecule has 1 amide bonds. The van der Waals surface area contributed by atoms with Crippen molar-refractivity contribution in [3.05, 3.63) is 89.5 Å². The van der Waals surface area contributed by atoms with Gasteiger partial charge in [-0.2, -0.15) is 0 Å². The number of aryl methyl sites for hydroxylation is 1. The number of rotatable bonds is 8. The van der Waals surface area contributed by atoms with Crippen molar-refractivity contribution in [1.29, 1.82) is 0 Å². The van der Waals surface area contributed by atoms with Gasteiger partial charge >= 0.3 is 0 Å². The molecule has 0 saturated carbocycles. The molecule has 31 heavy (non-hydrogen) atoms. The van der Waals surface area contributed by atoms with E-state index in [-0.39, 0.29) is 16.8 Å². The van der Waals surface area contributed by atoms with Crippen molar-refractivity contribution in [2.24, 2.45) is 0 Å². The van der Waals surface area contributed by atoms with Crippen LogP contribution in [0.3, 0.4) is 0 Å². The highest BCUT2D eigenvalue weighted by molar-refractivity contribution is 7.92. The van der Waals surface area contributed by atoms with Crippen LogP contribution in [-0.2, 0) is 10.0 Å². The van der Waals surface area contributed by atoms with E-state index in [1.54, 1.807) is 50.4 Å². The fourth-order valence-corrected chi connectivity index (χ4v) is 4.37. The molecular formula is C24H26N2O4S. The van der Waals surface area contributed by atoms with Gasteiger partial charge in [0.25, 0.3) is 15.9 Å². The second-order valence-electron chi connectivity index (χ2n) is 7.16. The average molecular weight is 439 g/mol. The molecule has 0 aliphatic carbocycles. The molecule has 162 valence electrons. The van der Waals surface area contributed by atoms with Gasteiger partial charge in [0.2, 0.25) is 0 Å². The van der Waals surface area contributed by atoms with Crippen LogP contribution in [0.4, 0.5) is 5.69 Å². The van der Waals surface area contributed by atoms with Crippen molar-refractivity contribution < 1.29 is 17.9 Å². The first-order chi connectivity index (χ1) is 14.8. The lowest BCUT2D eigenvalue weighted by Gasteiger charge is -2.18. The summed E-state index contributed by atoms with van der Waals surface area (Å²) in [6, 6.07) is 20.5. The maximum Gasteiger partial charge on any atom is 0.261 e. The second-order valence-corrected chi connectivity index (χ2v) is 8.84. The summed E-state index contributed by atoms with van der Waals surface area (Å²) in [4.78, 5) is 13.0. The molecule has 0 heterocycles. The van der Waals surface area contributed by atoms with E-state index in [2.05, 4.69) is 10.0 Å². The van der Waals surface area contributed by atoms with Gasteiger partial charge in [0.15, 0.2) is 0 Å². The predicted molar refractivity (Wildman–Crippen MR) is 122 cm³/mol. The Morgan fingerprint density at radius 3 is 2.26 bits per heavy atom. The molecule has 0 spiro atoms. The minimum atomic E-state index is -3.69. The molecule has 1 atom stereocenters. The minimum absolute atomic E-state index is 0.144. The summed E-state index contributed by atoms with van der Waals surface area (Å²) in [5, 5.41) is 3.04. The van der Waals surface area contributed by atoms with Crippen LogP contribution in [0.15, 0.2) is 77.7 Å². The summed E-state index contributed by atoms with van der Waals surface area (Å²) in [6.07, 6.45) is 0.728. The van der Waals surface area contributed by atoms with Crippen molar-refractivity contribution in [2.45, 2.75) is 31.2 Å². The number of hydrogen-bond donors (Lipinski definition) is 2. The predicted octanol–water partition coefficient (Wildman–Crippen LogP) is 4.69. The molecule has 0 fully saturated rings. The Morgan fingerprint density at radius 1 is 1.00 bits per heavy atom. The van der Waals surface area contributed by atoms with Crippen molar-refractivity contribution in [1.82, 2.24) is 5.32 Å². The van der Waals surface area contributed by atoms with Gasteiger partial charge < -0.3 is 10.1 Å². The quantitative estimate of drug-likeness (QED) is 0.535. The molecule has 3 aromatic rings. The number of benzene rings is 3. The summed E-state index contributed by atoms with van der Waals surface area (Å²) in [5.74, 6) is 0.539. The highest BCUT2D eigenvalue weighted by Gasteiger charge is 2.17. The van der Waals surface area contributed by atoms with Gasteiger partial charge in [-0.1, -0.05) is 37.3 Å². The summed E-state index contributed by atoms with van der Waals surface area (Å²) in [6.45, 7) is 3.77. The summed E-state index contributed by atoms with van der Waals surface area (Å²) in [7, 11) is -2.08. The average Bonchev–Trinajstić information content (AvgIpc) is 2.79. The number of methoxy groups -OCH3 is 1. The van der Waals surface area contributed by atoms with Gasteiger partial charge in [0, 0.05) is 5.56 Å². The van der Waals surface area contributed by atoms with Gasteiger partial charge in [0.05, 0.1) is 23.7 Å². The topological polar surface area (TPSA) is 84.5 Å². The second kappa shape index (κ2) is 9.66. The highest BCUT2D eigenvalue weighted by Crippen LogP contribution is 2.23. The van der Waals surface area contributed by atoms with Crippen LogP contribution in [0.5, 0.6) is 5.75 Å². The number of carbonyl (C=O) groups is 1. The smallest absolute Gasteiger partial charge is 0.261 e. The van der Waals surface area contributed by atoms with Crippen LogP contribution >= 0.6 is 0 Å². The monoisotopic (exact) mass is 438 g/mol. The summed E-state index contributed by atoms with van der Waals surface area (Å²) in [5.41, 5.74) is 2.54. The zero-order valence-corrected chi connectivity index (χ0v) is 18.6. The zero-order chi connectivity index (χ0) is 22.4. The normalized spacial score (nSPS) is 12.1. The maximum atomic E-state index is 12.8. The van der Waals surface area contributed by atoms with Crippen LogP contribution in [0.2, 0.25) is 0 Å². The molecule has 0 unspecified atom stereocenters. The van der Waals surface area contributed by atoms with E-state index >= 15 is 0 Å². The van der Waals surface area contributed by atoms with Crippen LogP contribution in [-0.4, -0.2) is 21.4 Å². The Kier molecular flexibility index (Phi) is 6.97. The van der Waals surface area contributed by atoms with E-state index in [0.29, 0.717) is 16.8 Å². The third-order valence-corrected chi connectivity index (χ3v) is 6.40. The van der Waals surface area contributed by atoms with E-state index in [1.807, 2.05) is 31.2 Å². The van der Waals surface area contributed by atoms with Crippen LogP contribution in [0, 0.1) is 6.92 Å². The fraction of sp³-hybridized carbons (Fsp3) is 0.208. The fourth-order valence-electron chi connectivity index (χ4n) is 3.22. The molecule has 3 rings (SSSR count). The van der Waals surface area contributed by atoms with Crippen molar-refractivity contribution in [3.8, 4) is 5.75 Å². The maximum absolute atomic E-state index is 12.8. The Hall–Kier alpha value is -3.32. The third-order valence-electron chi connectivity index (χ3n) is 5.02. The molecule has 0 aliphatic heterocycles. The number of ether oxygens (including phenoxy) is 1. The molecule has 0 saturated heterocycles. The molecular weight excluding hydrogens is 412 g/mol. The lowest BCUT2D eigenvalue weighted by molar-refractivity contribution is 0.0935. The van der Waals surface area contributed by atoms with Crippen LogP contribution < -0.4 is 14.8 Å². The van der Waals surface area contributed by atoms with Gasteiger partial charge in [0.1, 0.15) is 5.75 Å². The summed E-state index contributed by atoms with van der Waals surface area (Å²) < 4.78 is 32.9. The Morgan fingerprint density at radius 2 is 1.68 bits per heavy atom. The SMILES string of the molecule is CC[C@@H](NC(=O)c1ccc(NS(=O)(=O)c2ccccc2)c(C)c1)c1ccc(OC)cc1. The molecule has 2 N–H and O–H groups in total.